The first-order valence-corrected chi connectivity index (χ1v) is 7.67. The Balaban J connectivity index is 1.89. The summed E-state index contributed by atoms with van der Waals surface area (Å²) in [5.74, 6) is -2.05. The smallest absolute Gasteiger partial charge is 0.326 e. The highest BCUT2D eigenvalue weighted by Crippen LogP contribution is 2.19. The average molecular weight is 331 g/mol. The van der Waals surface area contributed by atoms with Gasteiger partial charge in [0, 0.05) is 17.9 Å². The maximum atomic E-state index is 12.5. The molecule has 0 aliphatic carbocycles. The minimum absolute atomic E-state index is 0.00632. The Labute approximate surface area is 136 Å². The number of aromatic amines is 1. The van der Waals surface area contributed by atoms with E-state index >= 15 is 0 Å². The lowest BCUT2D eigenvalue weighted by molar-refractivity contribution is -0.142. The van der Waals surface area contributed by atoms with Crippen molar-refractivity contribution in [1.82, 2.24) is 15.5 Å². The maximum Gasteiger partial charge on any atom is 0.326 e. The van der Waals surface area contributed by atoms with E-state index < -0.39 is 23.5 Å². The van der Waals surface area contributed by atoms with Crippen LogP contribution in [0.4, 0.5) is 0 Å². The molecular formula is C16H17N3O5. The predicted octanol–water partition coefficient (Wildman–Crippen LogP) is 0.533. The van der Waals surface area contributed by atoms with E-state index in [9.17, 15) is 19.5 Å². The molecule has 1 aromatic carbocycles. The van der Waals surface area contributed by atoms with Gasteiger partial charge in [-0.3, -0.25) is 9.59 Å². The fourth-order valence-electron chi connectivity index (χ4n) is 2.91. The highest BCUT2D eigenvalue weighted by molar-refractivity contribution is 6.05. The largest absolute Gasteiger partial charge is 0.480 e. The number of carboxylic acids is 1. The second-order valence-corrected chi connectivity index (χ2v) is 5.71. The Kier molecular flexibility index (Phi) is 4.57. The molecule has 2 aromatic rings. The topological polar surface area (TPSA) is 121 Å². The number of rotatable bonds is 4. The Morgan fingerprint density at radius 2 is 2.08 bits per heavy atom. The summed E-state index contributed by atoms with van der Waals surface area (Å²) in [6.45, 7) is 0.889. The van der Waals surface area contributed by atoms with Gasteiger partial charge >= 0.3 is 5.97 Å². The number of H-pyrrole nitrogens is 1. The van der Waals surface area contributed by atoms with Crippen LogP contribution < -0.4 is 10.9 Å². The summed E-state index contributed by atoms with van der Waals surface area (Å²) in [6, 6.07) is 5.48. The van der Waals surface area contributed by atoms with Crippen molar-refractivity contribution in [2.24, 2.45) is 5.92 Å². The molecule has 126 valence electrons. The van der Waals surface area contributed by atoms with Crippen LogP contribution in [0.1, 0.15) is 23.3 Å². The lowest BCUT2D eigenvalue weighted by atomic mass is 9.93. The lowest BCUT2D eigenvalue weighted by Gasteiger charge is -2.28. The van der Waals surface area contributed by atoms with Crippen LogP contribution in [0.3, 0.4) is 0 Å². The fraction of sp³-hybridized carbons (Fsp3) is 0.375. The number of aromatic nitrogens is 2. The molecule has 1 aliphatic rings. The van der Waals surface area contributed by atoms with Gasteiger partial charge in [-0.1, -0.05) is 18.2 Å². The van der Waals surface area contributed by atoms with E-state index in [2.05, 4.69) is 15.5 Å². The first kappa shape index (κ1) is 16.1. The van der Waals surface area contributed by atoms with E-state index in [1.54, 1.807) is 24.3 Å². The van der Waals surface area contributed by atoms with Gasteiger partial charge < -0.3 is 15.2 Å². The summed E-state index contributed by atoms with van der Waals surface area (Å²) in [4.78, 5) is 35.8. The Morgan fingerprint density at radius 3 is 2.75 bits per heavy atom. The number of carboxylic acid groups (broad SMARTS) is 1. The second kappa shape index (κ2) is 6.79. The van der Waals surface area contributed by atoms with Crippen molar-refractivity contribution in [3.63, 3.8) is 0 Å². The summed E-state index contributed by atoms with van der Waals surface area (Å²) in [5, 5.41) is 18.7. The molecule has 2 unspecified atom stereocenters. The summed E-state index contributed by atoms with van der Waals surface area (Å²) < 4.78 is 5.31. The molecule has 1 saturated heterocycles. The van der Waals surface area contributed by atoms with Crippen LogP contribution >= 0.6 is 0 Å². The van der Waals surface area contributed by atoms with Gasteiger partial charge in [0.1, 0.15) is 6.04 Å². The molecule has 2 atom stereocenters. The van der Waals surface area contributed by atoms with Crippen LogP contribution in [0, 0.1) is 5.92 Å². The van der Waals surface area contributed by atoms with E-state index in [-0.39, 0.29) is 18.2 Å². The molecule has 3 rings (SSSR count). The lowest BCUT2D eigenvalue weighted by Crippen LogP contribution is -2.48. The third-order valence-corrected chi connectivity index (χ3v) is 4.13. The maximum absolute atomic E-state index is 12.5. The second-order valence-electron chi connectivity index (χ2n) is 5.71. The van der Waals surface area contributed by atoms with Crippen LogP contribution in [-0.4, -0.2) is 46.4 Å². The van der Waals surface area contributed by atoms with Crippen molar-refractivity contribution < 1.29 is 19.4 Å². The van der Waals surface area contributed by atoms with Gasteiger partial charge in [0.25, 0.3) is 11.5 Å². The van der Waals surface area contributed by atoms with E-state index in [4.69, 9.17) is 4.74 Å². The van der Waals surface area contributed by atoms with Crippen molar-refractivity contribution in [3.05, 3.63) is 40.3 Å². The van der Waals surface area contributed by atoms with Gasteiger partial charge in [-0.25, -0.2) is 9.89 Å². The van der Waals surface area contributed by atoms with Crippen LogP contribution in [0.5, 0.6) is 0 Å². The predicted molar refractivity (Wildman–Crippen MR) is 84.8 cm³/mol. The number of nitrogens with zero attached hydrogens (tertiary/aromatic N) is 1. The molecule has 2 heterocycles. The summed E-state index contributed by atoms with van der Waals surface area (Å²) in [6.07, 6.45) is 1.42. The quantitative estimate of drug-likeness (QED) is 0.751. The molecule has 1 amide bonds. The molecule has 1 aromatic heterocycles. The van der Waals surface area contributed by atoms with Gasteiger partial charge in [-0.15, -0.1) is 0 Å². The summed E-state index contributed by atoms with van der Waals surface area (Å²) >= 11 is 0. The van der Waals surface area contributed by atoms with Crippen molar-refractivity contribution in [2.75, 3.05) is 13.2 Å². The van der Waals surface area contributed by atoms with Crippen molar-refractivity contribution in [3.8, 4) is 0 Å². The summed E-state index contributed by atoms with van der Waals surface area (Å²) in [5.41, 5.74) is -0.411. The van der Waals surface area contributed by atoms with Crippen molar-refractivity contribution in [2.45, 2.75) is 18.9 Å². The molecule has 3 N–H and O–H groups in total. The normalized spacial score (nSPS) is 18.9. The SMILES string of the molecule is O=C(NC(C(=O)O)C1CCCOC1)c1n[nH]c(=O)c2ccccc12. The number of hydrogen-bond acceptors (Lipinski definition) is 5. The number of fused-ring (bicyclic) bond motifs is 1. The molecule has 1 fully saturated rings. The third-order valence-electron chi connectivity index (χ3n) is 4.13. The average Bonchev–Trinajstić information content (AvgIpc) is 2.60. The van der Waals surface area contributed by atoms with Gasteiger partial charge in [0.15, 0.2) is 5.69 Å². The number of carbonyl (C=O) groups is 2. The fourth-order valence-corrected chi connectivity index (χ4v) is 2.91. The molecule has 24 heavy (non-hydrogen) atoms. The van der Waals surface area contributed by atoms with Crippen LogP contribution in [-0.2, 0) is 9.53 Å². The van der Waals surface area contributed by atoms with Gasteiger partial charge in [0.05, 0.1) is 12.0 Å². The molecule has 8 nitrogen and oxygen atoms in total. The van der Waals surface area contributed by atoms with E-state index in [0.29, 0.717) is 23.8 Å². The highest BCUT2D eigenvalue weighted by atomic mass is 16.5. The Bertz CT molecular complexity index is 826. The zero-order valence-corrected chi connectivity index (χ0v) is 12.8. The zero-order valence-electron chi connectivity index (χ0n) is 12.8. The Morgan fingerprint density at radius 1 is 1.33 bits per heavy atom. The van der Waals surface area contributed by atoms with Crippen LogP contribution in [0.2, 0.25) is 0 Å². The highest BCUT2D eigenvalue weighted by Gasteiger charge is 2.32. The number of amides is 1. The monoisotopic (exact) mass is 331 g/mol. The number of benzene rings is 1. The molecule has 0 bridgehead atoms. The number of nitrogens with one attached hydrogen (secondary N) is 2. The van der Waals surface area contributed by atoms with Crippen molar-refractivity contribution >= 4 is 22.6 Å². The van der Waals surface area contributed by atoms with E-state index in [1.165, 1.54) is 0 Å². The molecule has 0 saturated carbocycles. The van der Waals surface area contributed by atoms with Gasteiger partial charge in [0.2, 0.25) is 0 Å². The van der Waals surface area contributed by atoms with Gasteiger partial charge in [-0.2, -0.15) is 5.10 Å². The minimum Gasteiger partial charge on any atom is -0.480 e. The number of ether oxygens (including phenoxy) is 1. The van der Waals surface area contributed by atoms with E-state index in [0.717, 1.165) is 6.42 Å². The van der Waals surface area contributed by atoms with Crippen molar-refractivity contribution in [1.29, 1.82) is 0 Å². The number of aliphatic carboxylic acids is 1. The third kappa shape index (κ3) is 3.13. The first-order chi connectivity index (χ1) is 11.6. The summed E-state index contributed by atoms with van der Waals surface area (Å²) in [7, 11) is 0. The zero-order chi connectivity index (χ0) is 17.1. The number of hydrogen-bond donors (Lipinski definition) is 3. The standard InChI is InChI=1S/C16H17N3O5/c20-14-11-6-2-1-5-10(11)13(18-19-14)15(21)17-12(16(22)23)9-4-3-7-24-8-9/h1-2,5-6,9,12H,3-4,7-8H2,(H,17,21)(H,19,20)(H,22,23). The van der Waals surface area contributed by atoms with Crippen LogP contribution in [0.15, 0.2) is 29.1 Å². The first-order valence-electron chi connectivity index (χ1n) is 7.67. The van der Waals surface area contributed by atoms with Gasteiger partial charge in [-0.05, 0) is 18.9 Å². The molecule has 0 radical (unpaired) electrons. The molecule has 0 spiro atoms. The molecule has 1 aliphatic heterocycles. The van der Waals surface area contributed by atoms with Crippen LogP contribution in [0.25, 0.3) is 10.8 Å². The molecular weight excluding hydrogens is 314 g/mol. The molecule has 8 heteroatoms. The minimum atomic E-state index is -1.12. The Hall–Kier alpha value is -2.74. The van der Waals surface area contributed by atoms with E-state index in [1.807, 2.05) is 0 Å². The number of carbonyl (C=O) groups excluding carboxylic acids is 1.